The highest BCUT2D eigenvalue weighted by Crippen LogP contribution is 2.19. The van der Waals surface area contributed by atoms with Gasteiger partial charge in [-0.05, 0) is 23.8 Å². The Morgan fingerprint density at radius 1 is 1.13 bits per heavy atom. The Morgan fingerprint density at radius 3 is 2.42 bits per heavy atom. The Hall–Kier alpha value is -3.24. The molecule has 0 unspecified atom stereocenters. The highest BCUT2D eigenvalue weighted by atomic mass is 35.5. The number of esters is 1. The number of nitrogens with zero attached hydrogens (tertiary/aromatic N) is 3. The normalized spacial score (nSPS) is 11.1. The molecule has 31 heavy (non-hydrogen) atoms. The molecule has 0 radical (unpaired) electrons. The summed E-state index contributed by atoms with van der Waals surface area (Å²) in [7, 11) is -0.612. The second kappa shape index (κ2) is 9.27. The molecule has 3 aromatic rings. The third kappa shape index (κ3) is 5.89. The number of nitrogens with one attached hydrogen (secondary N) is 2. The maximum Gasteiger partial charge on any atom is 0.341 e. The van der Waals surface area contributed by atoms with E-state index in [-0.39, 0.29) is 11.0 Å². The van der Waals surface area contributed by atoms with Gasteiger partial charge in [0, 0.05) is 30.0 Å². The quantitative estimate of drug-likeness (QED) is 0.313. The fourth-order valence-electron chi connectivity index (χ4n) is 2.65. The molecule has 0 atom stereocenters. The zero-order valence-corrected chi connectivity index (χ0v) is 18.7. The molecule has 3 rings (SSSR count). The molecule has 0 aliphatic carbocycles. The lowest BCUT2D eigenvalue weighted by molar-refractivity contribution is -0.657. The Morgan fingerprint density at radius 2 is 1.81 bits per heavy atom. The van der Waals surface area contributed by atoms with Crippen LogP contribution in [0.5, 0.6) is 0 Å². The molecule has 1 aromatic carbocycles. The molecule has 11 heteroatoms. The molecule has 0 aliphatic heterocycles. The number of rotatable bonds is 7. The number of pyridine rings is 1. The third-order valence-electron chi connectivity index (χ3n) is 4.23. The Balaban J connectivity index is 1.88. The van der Waals surface area contributed by atoms with E-state index in [1.54, 1.807) is 48.1 Å². The number of carbonyl (C=O) groups excluding carboxylic acids is 1. The summed E-state index contributed by atoms with van der Waals surface area (Å²) in [5, 5.41) is 6.46. The molecule has 0 amide bonds. The predicted molar refractivity (Wildman–Crippen MR) is 116 cm³/mol. The van der Waals surface area contributed by atoms with Crippen LogP contribution in [-0.4, -0.2) is 37.7 Å². The van der Waals surface area contributed by atoms with Crippen LogP contribution in [0.3, 0.4) is 0 Å². The van der Waals surface area contributed by atoms with E-state index in [0.717, 1.165) is 11.8 Å². The summed E-state index contributed by atoms with van der Waals surface area (Å²) in [6.07, 6.45) is 2.63. The molecule has 2 heterocycles. The first-order valence-electron chi connectivity index (χ1n) is 9.08. The van der Waals surface area contributed by atoms with Gasteiger partial charge in [-0.3, -0.25) is 0 Å². The fraction of sp³-hybridized carbons (Fsp3) is 0.200. The summed E-state index contributed by atoms with van der Waals surface area (Å²) in [5.41, 5.74) is 1.32. The molecule has 0 saturated carbocycles. The van der Waals surface area contributed by atoms with E-state index in [2.05, 4.69) is 20.6 Å². The number of carbonyl (C=O) groups is 1. The molecule has 0 saturated heterocycles. The topological polar surface area (TPSA) is 114 Å². The number of benzene rings is 1. The van der Waals surface area contributed by atoms with Crippen LogP contribution in [-0.2, 0) is 28.2 Å². The second-order valence-electron chi connectivity index (χ2n) is 6.70. The predicted octanol–water partition coefficient (Wildman–Crippen LogP) is 2.50. The molecule has 0 aliphatic rings. The van der Waals surface area contributed by atoms with E-state index < -0.39 is 15.8 Å². The van der Waals surface area contributed by atoms with Gasteiger partial charge < -0.3 is 10.1 Å². The van der Waals surface area contributed by atoms with Crippen LogP contribution < -0.4 is 15.2 Å². The van der Waals surface area contributed by atoms with Gasteiger partial charge in [-0.25, -0.2) is 28.1 Å². The van der Waals surface area contributed by atoms with Crippen LogP contribution in [0.15, 0.2) is 53.8 Å². The summed E-state index contributed by atoms with van der Waals surface area (Å²) in [6, 6.07) is 12.1. The van der Waals surface area contributed by atoms with Gasteiger partial charge in [-0.2, -0.15) is 4.98 Å². The minimum absolute atomic E-state index is 0.274. The maximum atomic E-state index is 12.1. The van der Waals surface area contributed by atoms with Gasteiger partial charge in [-0.15, -0.1) is 0 Å². The van der Waals surface area contributed by atoms with Gasteiger partial charge in [0.25, 0.3) is 11.0 Å². The van der Waals surface area contributed by atoms with Crippen LogP contribution in [0.4, 0.5) is 17.5 Å². The van der Waals surface area contributed by atoms with Gasteiger partial charge in [-0.1, -0.05) is 23.7 Å². The molecule has 2 aromatic heterocycles. The molecule has 0 bridgehead atoms. The summed E-state index contributed by atoms with van der Waals surface area (Å²) in [4.78, 5) is 19.9. The van der Waals surface area contributed by atoms with Crippen molar-refractivity contribution in [1.82, 2.24) is 9.97 Å². The van der Waals surface area contributed by atoms with Crippen molar-refractivity contribution in [3.63, 3.8) is 0 Å². The number of hydrogen-bond donors (Lipinski definition) is 2. The average Bonchev–Trinajstić information content (AvgIpc) is 2.73. The van der Waals surface area contributed by atoms with Crippen molar-refractivity contribution in [1.29, 1.82) is 0 Å². The summed E-state index contributed by atoms with van der Waals surface area (Å²) < 4.78 is 30.5. The lowest BCUT2D eigenvalue weighted by Gasteiger charge is -2.09. The SMILES string of the molecule is COC(=O)c1ccc(Nc2cc(NCc3ccc(Cl)cc3)nc(S(C)(=O)=O)n2)[n+](C)c1. The van der Waals surface area contributed by atoms with Gasteiger partial charge in [0.1, 0.15) is 12.0 Å². The van der Waals surface area contributed by atoms with E-state index >= 15 is 0 Å². The number of hydrogen-bond acceptors (Lipinski definition) is 8. The standard InChI is InChI=1S/C20H20ClN5O4S/c1-26-12-14(19(27)30-2)6-9-18(26)23-17-10-16(24-20(25-17)31(3,28)29)22-11-13-4-7-15(21)8-5-13/h4-10,12H,11H2,1-3H3,(H,22,24,25)/p+1. The first-order chi connectivity index (χ1) is 14.7. The summed E-state index contributed by atoms with van der Waals surface area (Å²) >= 11 is 5.90. The Kier molecular flexibility index (Phi) is 6.71. The molecule has 9 nitrogen and oxygen atoms in total. The van der Waals surface area contributed by atoms with E-state index in [4.69, 9.17) is 16.3 Å². The van der Waals surface area contributed by atoms with E-state index in [1.807, 2.05) is 12.1 Å². The van der Waals surface area contributed by atoms with E-state index in [0.29, 0.717) is 28.8 Å². The van der Waals surface area contributed by atoms with Crippen LogP contribution in [0.1, 0.15) is 15.9 Å². The zero-order chi connectivity index (χ0) is 22.6. The average molecular weight is 463 g/mol. The monoisotopic (exact) mass is 462 g/mol. The van der Waals surface area contributed by atoms with Gasteiger partial charge in [0.15, 0.2) is 0 Å². The van der Waals surface area contributed by atoms with Crippen molar-refractivity contribution in [2.45, 2.75) is 11.7 Å². The first-order valence-corrected chi connectivity index (χ1v) is 11.3. The number of ether oxygens (including phenoxy) is 1. The van der Waals surface area contributed by atoms with Crippen LogP contribution in [0.2, 0.25) is 5.02 Å². The van der Waals surface area contributed by atoms with E-state index in [9.17, 15) is 13.2 Å². The van der Waals surface area contributed by atoms with Crippen molar-refractivity contribution in [3.05, 3.63) is 64.8 Å². The number of anilines is 3. The van der Waals surface area contributed by atoms with Crippen molar-refractivity contribution >= 4 is 44.9 Å². The number of sulfone groups is 1. The second-order valence-corrected chi connectivity index (χ2v) is 9.05. The summed E-state index contributed by atoms with van der Waals surface area (Å²) in [6.45, 7) is 0.415. The molecule has 0 fully saturated rings. The highest BCUT2D eigenvalue weighted by Gasteiger charge is 2.18. The van der Waals surface area contributed by atoms with Gasteiger partial charge >= 0.3 is 5.97 Å². The van der Waals surface area contributed by atoms with E-state index in [1.165, 1.54) is 7.11 Å². The van der Waals surface area contributed by atoms with Crippen LogP contribution >= 0.6 is 11.6 Å². The number of methoxy groups -OCH3 is 1. The first kappa shape index (κ1) is 22.4. The minimum Gasteiger partial charge on any atom is -0.465 e. The molecular formula is C20H21ClN5O4S+. The van der Waals surface area contributed by atoms with Crippen molar-refractivity contribution < 1.29 is 22.5 Å². The highest BCUT2D eigenvalue weighted by molar-refractivity contribution is 7.90. The molecule has 2 N–H and O–H groups in total. The van der Waals surface area contributed by atoms with Gasteiger partial charge in [0.05, 0.1) is 19.7 Å². The largest absolute Gasteiger partial charge is 0.465 e. The summed E-state index contributed by atoms with van der Waals surface area (Å²) in [5.74, 6) is 0.726. The number of halogens is 1. The fourth-order valence-corrected chi connectivity index (χ4v) is 3.30. The minimum atomic E-state index is -3.65. The van der Waals surface area contributed by atoms with Crippen LogP contribution in [0, 0.1) is 0 Å². The number of aryl methyl sites for hydroxylation is 1. The van der Waals surface area contributed by atoms with Crippen LogP contribution in [0.25, 0.3) is 0 Å². The Labute approximate surface area is 185 Å². The smallest absolute Gasteiger partial charge is 0.341 e. The van der Waals surface area contributed by atoms with Crippen molar-refractivity contribution in [2.75, 3.05) is 24.0 Å². The third-order valence-corrected chi connectivity index (χ3v) is 5.33. The van der Waals surface area contributed by atoms with Gasteiger partial charge in [0.2, 0.25) is 15.7 Å². The zero-order valence-electron chi connectivity index (χ0n) is 17.1. The lowest BCUT2D eigenvalue weighted by Crippen LogP contribution is -2.32. The number of aromatic nitrogens is 3. The molecular weight excluding hydrogens is 442 g/mol. The molecule has 0 spiro atoms. The maximum absolute atomic E-state index is 12.1. The van der Waals surface area contributed by atoms with Crippen molar-refractivity contribution in [3.8, 4) is 0 Å². The lowest BCUT2D eigenvalue weighted by atomic mass is 10.2. The Bertz CT molecular complexity index is 1220. The molecule has 162 valence electrons. The van der Waals surface area contributed by atoms with Crippen molar-refractivity contribution in [2.24, 2.45) is 7.05 Å².